The fourth-order valence-electron chi connectivity index (χ4n) is 2.20. The highest BCUT2D eigenvalue weighted by Crippen LogP contribution is 2.28. The van der Waals surface area contributed by atoms with E-state index in [0.717, 1.165) is 17.4 Å². The molecular weight excluding hydrogens is 326 g/mol. The van der Waals surface area contributed by atoms with Crippen molar-refractivity contribution >= 4 is 11.7 Å². The average molecular weight is 345 g/mol. The van der Waals surface area contributed by atoms with Crippen LogP contribution in [-0.4, -0.2) is 29.2 Å². The van der Waals surface area contributed by atoms with Gasteiger partial charge < -0.3 is 14.6 Å². The van der Waals surface area contributed by atoms with Crippen molar-refractivity contribution in [3.63, 3.8) is 0 Å². The molecule has 2 rings (SSSR count). The summed E-state index contributed by atoms with van der Waals surface area (Å²) < 4.78 is 11.1. The molecular formula is C18H19NO6. The number of hydrogen-bond donors (Lipinski definition) is 1. The molecule has 0 fully saturated rings. The van der Waals surface area contributed by atoms with Crippen molar-refractivity contribution in [3.05, 3.63) is 63.7 Å². The Kier molecular flexibility index (Phi) is 6.33. The van der Waals surface area contributed by atoms with Crippen molar-refractivity contribution < 1.29 is 24.3 Å². The number of aryl methyl sites for hydroxylation is 1. The van der Waals surface area contributed by atoms with E-state index < -0.39 is 10.9 Å². The van der Waals surface area contributed by atoms with Gasteiger partial charge >= 0.3 is 11.7 Å². The molecule has 0 amide bonds. The Balaban J connectivity index is 1.83. The molecule has 0 aliphatic heterocycles. The number of nitro groups is 1. The number of para-hydroxylation sites is 1. The SMILES string of the molecule is Cc1ccccc1OCCCCOc1cc(C(=O)O)ccc1[N+](=O)[O-]. The Morgan fingerprint density at radius 1 is 1.08 bits per heavy atom. The van der Waals surface area contributed by atoms with Crippen molar-refractivity contribution in [1.29, 1.82) is 0 Å². The number of carbonyl (C=O) groups is 1. The third kappa shape index (κ3) is 5.20. The maximum absolute atomic E-state index is 11.0. The van der Waals surface area contributed by atoms with E-state index in [1.54, 1.807) is 0 Å². The second-order valence-electron chi connectivity index (χ2n) is 5.41. The molecule has 1 N–H and O–H groups in total. The molecule has 25 heavy (non-hydrogen) atoms. The van der Waals surface area contributed by atoms with Crippen LogP contribution in [0.3, 0.4) is 0 Å². The predicted octanol–water partition coefficient (Wildman–Crippen LogP) is 3.84. The lowest BCUT2D eigenvalue weighted by Gasteiger charge is -2.10. The summed E-state index contributed by atoms with van der Waals surface area (Å²) in [6, 6.07) is 11.2. The lowest BCUT2D eigenvalue weighted by Crippen LogP contribution is -2.05. The van der Waals surface area contributed by atoms with E-state index >= 15 is 0 Å². The first-order valence-corrected chi connectivity index (χ1v) is 7.82. The van der Waals surface area contributed by atoms with Gasteiger partial charge in [-0.3, -0.25) is 10.1 Å². The van der Waals surface area contributed by atoms with Crippen molar-refractivity contribution in [2.45, 2.75) is 19.8 Å². The minimum atomic E-state index is -1.16. The number of carboxylic acids is 1. The molecule has 7 heteroatoms. The lowest BCUT2D eigenvalue weighted by atomic mass is 10.2. The van der Waals surface area contributed by atoms with Crippen LogP contribution in [0.5, 0.6) is 11.5 Å². The summed E-state index contributed by atoms with van der Waals surface area (Å²) >= 11 is 0. The fourth-order valence-corrected chi connectivity index (χ4v) is 2.20. The standard InChI is InChI=1S/C18H19NO6/c1-13-6-2-3-7-16(13)24-10-4-5-11-25-17-12-14(18(20)21)8-9-15(17)19(22)23/h2-3,6-9,12H,4-5,10-11H2,1H3,(H,20,21). The number of nitrogens with zero attached hydrogens (tertiary/aromatic N) is 1. The molecule has 0 aliphatic carbocycles. The number of hydrogen-bond acceptors (Lipinski definition) is 5. The van der Waals surface area contributed by atoms with E-state index in [1.807, 2.05) is 31.2 Å². The summed E-state index contributed by atoms with van der Waals surface area (Å²) in [6.07, 6.45) is 1.33. The van der Waals surface area contributed by atoms with Crippen molar-refractivity contribution in [3.8, 4) is 11.5 Å². The zero-order chi connectivity index (χ0) is 18.2. The van der Waals surface area contributed by atoms with Crippen LogP contribution < -0.4 is 9.47 Å². The fraction of sp³-hybridized carbons (Fsp3) is 0.278. The molecule has 2 aromatic carbocycles. The topological polar surface area (TPSA) is 98.9 Å². The Bertz CT molecular complexity index is 759. The van der Waals surface area contributed by atoms with Gasteiger partial charge in [0.2, 0.25) is 0 Å². The van der Waals surface area contributed by atoms with Crippen molar-refractivity contribution in [2.24, 2.45) is 0 Å². The average Bonchev–Trinajstić information content (AvgIpc) is 2.59. The molecule has 0 atom stereocenters. The van der Waals surface area contributed by atoms with E-state index in [-0.39, 0.29) is 23.6 Å². The van der Waals surface area contributed by atoms with Crippen LogP contribution in [0, 0.1) is 17.0 Å². The third-order valence-corrected chi connectivity index (χ3v) is 3.55. The number of carboxylic acid groups (broad SMARTS) is 1. The highest BCUT2D eigenvalue weighted by molar-refractivity contribution is 5.88. The number of aromatic carboxylic acids is 1. The minimum Gasteiger partial charge on any atom is -0.493 e. The van der Waals surface area contributed by atoms with Gasteiger partial charge in [-0.15, -0.1) is 0 Å². The molecule has 132 valence electrons. The largest absolute Gasteiger partial charge is 0.493 e. The van der Waals surface area contributed by atoms with Crippen LogP contribution in [0.1, 0.15) is 28.8 Å². The lowest BCUT2D eigenvalue weighted by molar-refractivity contribution is -0.385. The van der Waals surface area contributed by atoms with Crippen LogP contribution in [-0.2, 0) is 0 Å². The summed E-state index contributed by atoms with van der Waals surface area (Å²) in [5, 5.41) is 20.0. The molecule has 0 bridgehead atoms. The first kappa shape index (κ1) is 18.3. The van der Waals surface area contributed by atoms with Crippen LogP contribution in [0.15, 0.2) is 42.5 Å². The van der Waals surface area contributed by atoms with E-state index in [2.05, 4.69) is 0 Å². The second kappa shape index (κ2) is 8.68. The molecule has 7 nitrogen and oxygen atoms in total. The van der Waals surface area contributed by atoms with Crippen LogP contribution in [0.2, 0.25) is 0 Å². The zero-order valence-corrected chi connectivity index (χ0v) is 13.8. The first-order valence-electron chi connectivity index (χ1n) is 7.82. The van der Waals surface area contributed by atoms with E-state index in [0.29, 0.717) is 19.4 Å². The van der Waals surface area contributed by atoms with Gasteiger partial charge in [0, 0.05) is 12.1 Å². The summed E-state index contributed by atoms with van der Waals surface area (Å²) in [6.45, 7) is 2.71. The number of benzene rings is 2. The highest BCUT2D eigenvalue weighted by atomic mass is 16.6. The molecule has 0 saturated carbocycles. The van der Waals surface area contributed by atoms with Gasteiger partial charge in [0.05, 0.1) is 23.7 Å². The Morgan fingerprint density at radius 3 is 2.32 bits per heavy atom. The summed E-state index contributed by atoms with van der Waals surface area (Å²) in [4.78, 5) is 21.4. The summed E-state index contributed by atoms with van der Waals surface area (Å²) in [7, 11) is 0. The molecule has 2 aromatic rings. The predicted molar refractivity (Wildman–Crippen MR) is 91.5 cm³/mol. The van der Waals surface area contributed by atoms with Gasteiger partial charge in [0.25, 0.3) is 0 Å². The van der Waals surface area contributed by atoms with E-state index in [1.165, 1.54) is 12.1 Å². The Morgan fingerprint density at radius 2 is 1.72 bits per heavy atom. The summed E-state index contributed by atoms with van der Waals surface area (Å²) in [5.41, 5.74) is 0.754. The monoisotopic (exact) mass is 345 g/mol. The number of unbranched alkanes of at least 4 members (excludes halogenated alkanes) is 1. The minimum absolute atomic E-state index is 0.0373. The number of nitro benzene ring substituents is 1. The van der Waals surface area contributed by atoms with E-state index in [4.69, 9.17) is 14.6 Å². The van der Waals surface area contributed by atoms with Gasteiger partial charge in [-0.05, 0) is 37.5 Å². The number of ether oxygens (including phenoxy) is 2. The molecule has 0 spiro atoms. The molecule has 0 saturated heterocycles. The zero-order valence-electron chi connectivity index (χ0n) is 13.8. The van der Waals surface area contributed by atoms with Gasteiger partial charge in [0.15, 0.2) is 5.75 Å². The van der Waals surface area contributed by atoms with Gasteiger partial charge in [0.1, 0.15) is 5.75 Å². The first-order chi connectivity index (χ1) is 12.0. The molecule has 0 unspecified atom stereocenters. The highest BCUT2D eigenvalue weighted by Gasteiger charge is 2.17. The van der Waals surface area contributed by atoms with Crippen LogP contribution in [0.4, 0.5) is 5.69 Å². The van der Waals surface area contributed by atoms with Gasteiger partial charge in [-0.1, -0.05) is 18.2 Å². The number of rotatable bonds is 9. The normalized spacial score (nSPS) is 10.3. The second-order valence-corrected chi connectivity index (χ2v) is 5.41. The van der Waals surface area contributed by atoms with E-state index in [9.17, 15) is 14.9 Å². The van der Waals surface area contributed by atoms with Crippen LogP contribution in [0.25, 0.3) is 0 Å². The molecule has 0 radical (unpaired) electrons. The smallest absolute Gasteiger partial charge is 0.335 e. The summed E-state index contributed by atoms with van der Waals surface area (Å²) in [5.74, 6) is -0.371. The van der Waals surface area contributed by atoms with Gasteiger partial charge in [-0.25, -0.2) is 4.79 Å². The van der Waals surface area contributed by atoms with Crippen LogP contribution >= 0.6 is 0 Å². The van der Waals surface area contributed by atoms with Crippen molar-refractivity contribution in [1.82, 2.24) is 0 Å². The Hall–Kier alpha value is -3.09. The quantitative estimate of drug-likeness (QED) is 0.421. The molecule has 0 heterocycles. The van der Waals surface area contributed by atoms with Gasteiger partial charge in [-0.2, -0.15) is 0 Å². The maximum Gasteiger partial charge on any atom is 0.335 e. The van der Waals surface area contributed by atoms with Crippen molar-refractivity contribution in [2.75, 3.05) is 13.2 Å². The molecule has 0 aliphatic rings. The molecule has 0 aromatic heterocycles. The maximum atomic E-state index is 11.0. The Labute approximate surface area is 145 Å². The third-order valence-electron chi connectivity index (χ3n) is 3.55.